The molecule has 0 aromatic heterocycles. The molecule has 0 fully saturated rings. The molecule has 0 atom stereocenters. The Hall–Kier alpha value is -1.94. The second kappa shape index (κ2) is 7.01. The molecule has 2 aromatic carbocycles. The number of thioether (sulfide) groups is 1. The number of carbonyl (C=O) groups is 1. The lowest BCUT2D eigenvalue weighted by molar-refractivity contribution is 0.0956. The predicted molar refractivity (Wildman–Crippen MR) is 85.1 cm³/mol. The summed E-state index contributed by atoms with van der Waals surface area (Å²) in [5.41, 5.74) is 8.05. The van der Waals surface area contributed by atoms with E-state index in [0.29, 0.717) is 17.8 Å². The molecule has 0 aliphatic carbocycles. The van der Waals surface area contributed by atoms with Crippen LogP contribution in [0.4, 0.5) is 5.69 Å². The van der Waals surface area contributed by atoms with Gasteiger partial charge < -0.3 is 11.1 Å². The first-order valence-corrected chi connectivity index (χ1v) is 7.47. The van der Waals surface area contributed by atoms with Crippen LogP contribution in [0.1, 0.15) is 15.9 Å². The molecule has 3 N–H and O–H groups in total. The number of nitrogens with two attached hydrogens (primary N) is 1. The van der Waals surface area contributed by atoms with Gasteiger partial charge in [-0.1, -0.05) is 24.3 Å². The summed E-state index contributed by atoms with van der Waals surface area (Å²) in [7, 11) is 0. The molecule has 0 spiro atoms. The van der Waals surface area contributed by atoms with Crippen LogP contribution in [0.3, 0.4) is 0 Å². The number of aryl methyl sites for hydroxylation is 1. The van der Waals surface area contributed by atoms with Crippen molar-refractivity contribution in [3.8, 4) is 0 Å². The van der Waals surface area contributed by atoms with Gasteiger partial charge in [0.1, 0.15) is 0 Å². The highest BCUT2D eigenvalue weighted by atomic mass is 32.2. The molecular weight excluding hydrogens is 268 g/mol. The molecule has 0 aliphatic heterocycles. The lowest BCUT2D eigenvalue weighted by atomic mass is 10.1. The lowest BCUT2D eigenvalue weighted by Crippen LogP contribution is -2.25. The molecule has 0 aliphatic rings. The minimum atomic E-state index is -0.0784. The van der Waals surface area contributed by atoms with Gasteiger partial charge in [0, 0.05) is 28.4 Å². The summed E-state index contributed by atoms with van der Waals surface area (Å²) < 4.78 is 0. The SMILES string of the molecule is Cc1ccc(C(=O)NCCSc2ccccc2)cc1N. The molecule has 0 saturated heterocycles. The van der Waals surface area contributed by atoms with Gasteiger partial charge in [-0.25, -0.2) is 0 Å². The third-order valence-corrected chi connectivity index (χ3v) is 3.95. The number of hydrogen-bond donors (Lipinski definition) is 2. The van der Waals surface area contributed by atoms with Crippen LogP contribution in [-0.4, -0.2) is 18.2 Å². The van der Waals surface area contributed by atoms with E-state index in [1.807, 2.05) is 31.2 Å². The Bertz CT molecular complexity index is 584. The molecule has 0 heterocycles. The highest BCUT2D eigenvalue weighted by Crippen LogP contribution is 2.16. The summed E-state index contributed by atoms with van der Waals surface area (Å²) in [6, 6.07) is 15.5. The number of amides is 1. The van der Waals surface area contributed by atoms with Gasteiger partial charge in [-0.2, -0.15) is 0 Å². The Morgan fingerprint density at radius 1 is 1.20 bits per heavy atom. The average molecular weight is 286 g/mol. The summed E-state index contributed by atoms with van der Waals surface area (Å²) in [6.07, 6.45) is 0. The normalized spacial score (nSPS) is 10.2. The fourth-order valence-electron chi connectivity index (χ4n) is 1.73. The number of anilines is 1. The summed E-state index contributed by atoms with van der Waals surface area (Å²) >= 11 is 1.72. The number of nitrogen functional groups attached to an aromatic ring is 1. The molecule has 2 aromatic rings. The number of carbonyl (C=O) groups excluding carboxylic acids is 1. The van der Waals surface area contributed by atoms with E-state index in [1.54, 1.807) is 23.9 Å². The van der Waals surface area contributed by atoms with Gasteiger partial charge in [-0.05, 0) is 36.8 Å². The van der Waals surface area contributed by atoms with Crippen molar-refractivity contribution in [1.29, 1.82) is 0 Å². The first kappa shape index (κ1) is 14.5. The smallest absolute Gasteiger partial charge is 0.251 e. The van der Waals surface area contributed by atoms with E-state index in [9.17, 15) is 4.79 Å². The van der Waals surface area contributed by atoms with E-state index in [-0.39, 0.29) is 5.91 Å². The Labute approximate surface area is 123 Å². The fourth-order valence-corrected chi connectivity index (χ4v) is 2.52. The first-order valence-electron chi connectivity index (χ1n) is 6.49. The fraction of sp³-hybridized carbons (Fsp3) is 0.188. The minimum Gasteiger partial charge on any atom is -0.398 e. The quantitative estimate of drug-likeness (QED) is 0.504. The van der Waals surface area contributed by atoms with Crippen molar-refractivity contribution in [3.63, 3.8) is 0 Å². The lowest BCUT2D eigenvalue weighted by Gasteiger charge is -2.07. The number of rotatable bonds is 5. The largest absolute Gasteiger partial charge is 0.398 e. The van der Waals surface area contributed by atoms with Crippen LogP contribution in [-0.2, 0) is 0 Å². The van der Waals surface area contributed by atoms with Gasteiger partial charge in [-0.15, -0.1) is 11.8 Å². The van der Waals surface area contributed by atoms with Gasteiger partial charge in [0.2, 0.25) is 0 Å². The molecule has 0 radical (unpaired) electrons. The van der Waals surface area contributed by atoms with E-state index < -0.39 is 0 Å². The molecule has 20 heavy (non-hydrogen) atoms. The van der Waals surface area contributed by atoms with Crippen molar-refractivity contribution in [2.75, 3.05) is 18.0 Å². The number of benzene rings is 2. The Morgan fingerprint density at radius 3 is 2.65 bits per heavy atom. The maximum absolute atomic E-state index is 11.9. The Balaban J connectivity index is 1.79. The second-order valence-electron chi connectivity index (χ2n) is 4.49. The van der Waals surface area contributed by atoms with Crippen molar-refractivity contribution in [2.24, 2.45) is 0 Å². The van der Waals surface area contributed by atoms with Gasteiger partial charge in [-0.3, -0.25) is 4.79 Å². The van der Waals surface area contributed by atoms with E-state index in [2.05, 4.69) is 17.4 Å². The highest BCUT2D eigenvalue weighted by Gasteiger charge is 2.06. The molecule has 0 unspecified atom stereocenters. The zero-order valence-electron chi connectivity index (χ0n) is 11.4. The van der Waals surface area contributed by atoms with Crippen LogP contribution < -0.4 is 11.1 Å². The van der Waals surface area contributed by atoms with Crippen molar-refractivity contribution in [2.45, 2.75) is 11.8 Å². The minimum absolute atomic E-state index is 0.0784. The van der Waals surface area contributed by atoms with E-state index in [0.717, 1.165) is 11.3 Å². The van der Waals surface area contributed by atoms with Crippen molar-refractivity contribution in [3.05, 3.63) is 59.7 Å². The van der Waals surface area contributed by atoms with Gasteiger partial charge in [0.05, 0.1) is 0 Å². The maximum Gasteiger partial charge on any atom is 0.251 e. The number of hydrogen-bond acceptors (Lipinski definition) is 3. The van der Waals surface area contributed by atoms with Crippen molar-refractivity contribution in [1.82, 2.24) is 5.32 Å². The standard InChI is InChI=1S/C16H18N2OS/c1-12-7-8-13(11-15(12)17)16(19)18-9-10-20-14-5-3-2-4-6-14/h2-8,11H,9-10,17H2,1H3,(H,18,19). The van der Waals surface area contributed by atoms with Crippen molar-refractivity contribution < 1.29 is 4.79 Å². The van der Waals surface area contributed by atoms with Gasteiger partial charge >= 0.3 is 0 Å². The summed E-state index contributed by atoms with van der Waals surface area (Å²) in [5, 5.41) is 2.90. The number of nitrogens with one attached hydrogen (secondary N) is 1. The van der Waals surface area contributed by atoms with E-state index in [4.69, 9.17) is 5.73 Å². The van der Waals surface area contributed by atoms with Crippen LogP contribution in [0.15, 0.2) is 53.4 Å². The predicted octanol–water partition coefficient (Wildman–Crippen LogP) is 3.10. The van der Waals surface area contributed by atoms with Crippen molar-refractivity contribution >= 4 is 23.4 Å². The van der Waals surface area contributed by atoms with Crippen LogP contribution >= 0.6 is 11.8 Å². The Morgan fingerprint density at radius 2 is 1.95 bits per heavy atom. The summed E-state index contributed by atoms with van der Waals surface area (Å²) in [4.78, 5) is 13.2. The maximum atomic E-state index is 11.9. The highest BCUT2D eigenvalue weighted by molar-refractivity contribution is 7.99. The molecular formula is C16H18N2OS. The van der Waals surface area contributed by atoms with Crippen LogP contribution in [0, 0.1) is 6.92 Å². The molecule has 0 saturated carbocycles. The zero-order valence-corrected chi connectivity index (χ0v) is 12.2. The molecule has 3 nitrogen and oxygen atoms in total. The third-order valence-electron chi connectivity index (χ3n) is 2.94. The average Bonchev–Trinajstić information content (AvgIpc) is 2.47. The summed E-state index contributed by atoms with van der Waals surface area (Å²) in [5.74, 6) is 0.766. The molecule has 4 heteroatoms. The third kappa shape index (κ3) is 4.03. The van der Waals surface area contributed by atoms with Gasteiger partial charge in [0.15, 0.2) is 0 Å². The van der Waals surface area contributed by atoms with E-state index >= 15 is 0 Å². The topological polar surface area (TPSA) is 55.1 Å². The zero-order chi connectivity index (χ0) is 14.4. The first-order chi connectivity index (χ1) is 9.66. The summed E-state index contributed by atoms with van der Waals surface area (Å²) in [6.45, 7) is 2.56. The Kier molecular flexibility index (Phi) is 5.07. The van der Waals surface area contributed by atoms with Crippen LogP contribution in [0.2, 0.25) is 0 Å². The van der Waals surface area contributed by atoms with Crippen LogP contribution in [0.25, 0.3) is 0 Å². The molecule has 2 rings (SSSR count). The van der Waals surface area contributed by atoms with Crippen LogP contribution in [0.5, 0.6) is 0 Å². The monoisotopic (exact) mass is 286 g/mol. The van der Waals surface area contributed by atoms with Gasteiger partial charge in [0.25, 0.3) is 5.91 Å². The molecule has 1 amide bonds. The molecule has 0 bridgehead atoms. The van der Waals surface area contributed by atoms with E-state index in [1.165, 1.54) is 4.90 Å². The molecule has 104 valence electrons. The second-order valence-corrected chi connectivity index (χ2v) is 5.66.